The molecule has 4 rings (SSSR count). The minimum Gasteiger partial charge on any atom is -0.289 e. The minimum absolute atomic E-state index is 0.242. The average Bonchev–Trinajstić information content (AvgIpc) is 3.31. The third-order valence-corrected chi connectivity index (χ3v) is 5.72. The van der Waals surface area contributed by atoms with Crippen LogP contribution in [0.2, 0.25) is 0 Å². The van der Waals surface area contributed by atoms with Crippen molar-refractivity contribution in [3.63, 3.8) is 0 Å². The summed E-state index contributed by atoms with van der Waals surface area (Å²) in [5, 5.41) is 4.26. The fourth-order valence-corrected chi connectivity index (χ4v) is 4.20. The van der Waals surface area contributed by atoms with Gasteiger partial charge in [0.1, 0.15) is 0 Å². The van der Waals surface area contributed by atoms with Crippen LogP contribution in [0.5, 0.6) is 0 Å². The topological polar surface area (TPSA) is 34.0 Å². The molecular formula is C23H25F3N4. The first-order valence-electron chi connectivity index (χ1n) is 10.1. The van der Waals surface area contributed by atoms with Gasteiger partial charge in [-0.05, 0) is 74.2 Å². The summed E-state index contributed by atoms with van der Waals surface area (Å²) in [5.41, 5.74) is 4.45. The molecule has 1 atom stereocenters. The van der Waals surface area contributed by atoms with Crippen molar-refractivity contribution < 1.29 is 13.2 Å². The van der Waals surface area contributed by atoms with E-state index in [0.717, 1.165) is 60.6 Å². The Hall–Kier alpha value is -2.67. The zero-order chi connectivity index (χ0) is 21.3. The number of likely N-dealkylation sites (tertiary alicyclic amines) is 1. The van der Waals surface area contributed by atoms with E-state index in [1.165, 1.54) is 5.69 Å². The van der Waals surface area contributed by atoms with Crippen molar-refractivity contribution >= 4 is 0 Å². The maximum Gasteiger partial charge on any atom is 0.416 e. The van der Waals surface area contributed by atoms with Gasteiger partial charge in [-0.3, -0.25) is 14.6 Å². The summed E-state index contributed by atoms with van der Waals surface area (Å²) in [6, 6.07) is 11.8. The number of alkyl halides is 3. The second-order valence-corrected chi connectivity index (χ2v) is 7.99. The standard InChI is InChI=1S/C23H25F3N4/c1-16-12-18(13-17-5-7-19(8-6-17)23(24,25)26)14-21(28-16)22-4-3-11-30(22)15-20-9-10-27-29(20)2/h5-10,12,14,22H,3-4,11,13,15H2,1-2H3/t22-/m1/s1. The molecule has 0 amide bonds. The van der Waals surface area contributed by atoms with E-state index in [-0.39, 0.29) is 6.04 Å². The molecule has 4 nitrogen and oxygen atoms in total. The van der Waals surface area contributed by atoms with E-state index in [2.05, 4.69) is 16.1 Å². The van der Waals surface area contributed by atoms with Crippen LogP contribution < -0.4 is 0 Å². The van der Waals surface area contributed by atoms with Gasteiger partial charge in [0.2, 0.25) is 0 Å². The van der Waals surface area contributed by atoms with Crippen molar-refractivity contribution in [1.82, 2.24) is 19.7 Å². The third kappa shape index (κ3) is 4.56. The van der Waals surface area contributed by atoms with Crippen LogP contribution in [0, 0.1) is 6.92 Å². The monoisotopic (exact) mass is 414 g/mol. The Morgan fingerprint density at radius 2 is 1.83 bits per heavy atom. The van der Waals surface area contributed by atoms with Gasteiger partial charge in [0.05, 0.1) is 23.0 Å². The van der Waals surface area contributed by atoms with Gasteiger partial charge in [0.15, 0.2) is 0 Å². The summed E-state index contributed by atoms with van der Waals surface area (Å²) in [6.45, 7) is 3.81. The molecule has 30 heavy (non-hydrogen) atoms. The highest BCUT2D eigenvalue weighted by Gasteiger charge is 2.30. The number of aryl methyl sites for hydroxylation is 2. The Balaban J connectivity index is 1.53. The van der Waals surface area contributed by atoms with E-state index >= 15 is 0 Å². The van der Waals surface area contributed by atoms with Crippen LogP contribution in [-0.2, 0) is 26.2 Å². The Bertz CT molecular complexity index is 1010. The summed E-state index contributed by atoms with van der Waals surface area (Å²) in [5.74, 6) is 0. The van der Waals surface area contributed by atoms with E-state index in [9.17, 15) is 13.2 Å². The molecule has 0 N–H and O–H groups in total. The molecule has 7 heteroatoms. The van der Waals surface area contributed by atoms with E-state index in [0.29, 0.717) is 6.42 Å². The van der Waals surface area contributed by atoms with Crippen LogP contribution in [0.1, 0.15) is 52.7 Å². The Morgan fingerprint density at radius 3 is 2.50 bits per heavy atom. The van der Waals surface area contributed by atoms with Crippen molar-refractivity contribution in [1.29, 1.82) is 0 Å². The zero-order valence-corrected chi connectivity index (χ0v) is 17.2. The number of nitrogens with zero attached hydrogens (tertiary/aromatic N) is 4. The summed E-state index contributed by atoms with van der Waals surface area (Å²) < 4.78 is 40.3. The summed E-state index contributed by atoms with van der Waals surface area (Å²) in [4.78, 5) is 7.22. The molecular weight excluding hydrogens is 389 g/mol. The highest BCUT2D eigenvalue weighted by molar-refractivity contribution is 5.32. The lowest BCUT2D eigenvalue weighted by atomic mass is 10.0. The largest absolute Gasteiger partial charge is 0.416 e. The first kappa shape index (κ1) is 20.6. The smallest absolute Gasteiger partial charge is 0.289 e. The van der Waals surface area contributed by atoms with Gasteiger partial charge in [0.25, 0.3) is 0 Å². The number of benzene rings is 1. The molecule has 0 aliphatic carbocycles. The maximum atomic E-state index is 12.8. The molecule has 3 heterocycles. The molecule has 0 saturated carbocycles. The number of hydrogen-bond acceptors (Lipinski definition) is 3. The van der Waals surface area contributed by atoms with Crippen LogP contribution >= 0.6 is 0 Å². The molecule has 1 saturated heterocycles. The Kier molecular flexibility index (Phi) is 5.64. The fraction of sp³-hybridized carbons (Fsp3) is 0.391. The van der Waals surface area contributed by atoms with E-state index < -0.39 is 11.7 Å². The lowest BCUT2D eigenvalue weighted by molar-refractivity contribution is -0.137. The zero-order valence-electron chi connectivity index (χ0n) is 17.2. The van der Waals surface area contributed by atoms with Gasteiger partial charge in [-0.15, -0.1) is 0 Å². The molecule has 0 radical (unpaired) electrons. The average molecular weight is 414 g/mol. The second kappa shape index (κ2) is 8.22. The van der Waals surface area contributed by atoms with Crippen molar-refractivity contribution in [2.24, 2.45) is 7.05 Å². The first-order chi connectivity index (χ1) is 14.3. The summed E-state index contributed by atoms with van der Waals surface area (Å²) >= 11 is 0. The quantitative estimate of drug-likeness (QED) is 0.585. The minimum atomic E-state index is -4.31. The van der Waals surface area contributed by atoms with Crippen LogP contribution in [0.25, 0.3) is 0 Å². The van der Waals surface area contributed by atoms with Crippen LogP contribution in [0.15, 0.2) is 48.7 Å². The molecule has 1 aliphatic rings. The van der Waals surface area contributed by atoms with Crippen LogP contribution in [0.3, 0.4) is 0 Å². The highest BCUT2D eigenvalue weighted by atomic mass is 19.4. The van der Waals surface area contributed by atoms with Gasteiger partial charge in [0, 0.05) is 25.5 Å². The van der Waals surface area contributed by atoms with Crippen molar-refractivity contribution in [3.05, 3.63) is 82.4 Å². The highest BCUT2D eigenvalue weighted by Crippen LogP contribution is 2.33. The SMILES string of the molecule is Cc1cc(Cc2ccc(C(F)(F)F)cc2)cc([C@H]2CCCN2Cc2ccnn2C)n1. The van der Waals surface area contributed by atoms with Crippen molar-refractivity contribution in [3.8, 4) is 0 Å². The predicted molar refractivity (Wildman–Crippen MR) is 109 cm³/mol. The maximum absolute atomic E-state index is 12.8. The van der Waals surface area contributed by atoms with Gasteiger partial charge < -0.3 is 0 Å². The van der Waals surface area contributed by atoms with Gasteiger partial charge in [-0.25, -0.2) is 0 Å². The van der Waals surface area contributed by atoms with Gasteiger partial charge >= 0.3 is 6.18 Å². The number of halogens is 3. The molecule has 1 aromatic carbocycles. The lowest BCUT2D eigenvalue weighted by Gasteiger charge is -2.24. The second-order valence-electron chi connectivity index (χ2n) is 7.99. The van der Waals surface area contributed by atoms with Crippen LogP contribution in [0.4, 0.5) is 13.2 Å². The normalized spacial score (nSPS) is 17.6. The van der Waals surface area contributed by atoms with Crippen molar-refractivity contribution in [2.75, 3.05) is 6.54 Å². The molecule has 1 aliphatic heterocycles. The van der Waals surface area contributed by atoms with E-state index in [4.69, 9.17) is 4.98 Å². The fourth-order valence-electron chi connectivity index (χ4n) is 4.20. The molecule has 0 unspecified atom stereocenters. The molecule has 0 spiro atoms. The summed E-state index contributed by atoms with van der Waals surface area (Å²) in [7, 11) is 1.95. The predicted octanol–water partition coefficient (Wildman–Crippen LogP) is 5.07. The Morgan fingerprint density at radius 1 is 1.07 bits per heavy atom. The van der Waals surface area contributed by atoms with E-state index in [1.54, 1.807) is 12.1 Å². The molecule has 0 bridgehead atoms. The third-order valence-electron chi connectivity index (χ3n) is 5.72. The molecule has 2 aromatic heterocycles. The van der Waals surface area contributed by atoms with Gasteiger partial charge in [-0.1, -0.05) is 12.1 Å². The number of aromatic nitrogens is 3. The molecule has 1 fully saturated rings. The number of hydrogen-bond donors (Lipinski definition) is 0. The number of pyridine rings is 1. The van der Waals surface area contributed by atoms with Crippen LogP contribution in [-0.4, -0.2) is 26.2 Å². The van der Waals surface area contributed by atoms with Crippen molar-refractivity contribution in [2.45, 2.75) is 44.9 Å². The first-order valence-corrected chi connectivity index (χ1v) is 10.1. The lowest BCUT2D eigenvalue weighted by Crippen LogP contribution is -2.25. The Labute approximate surface area is 174 Å². The molecule has 3 aromatic rings. The van der Waals surface area contributed by atoms with Gasteiger partial charge in [-0.2, -0.15) is 18.3 Å². The van der Waals surface area contributed by atoms with E-state index in [1.807, 2.05) is 37.0 Å². The number of rotatable bonds is 5. The summed E-state index contributed by atoms with van der Waals surface area (Å²) in [6.07, 6.45) is 0.260. The molecule has 158 valence electrons.